The van der Waals surface area contributed by atoms with Gasteiger partial charge in [0.1, 0.15) is 0 Å². The van der Waals surface area contributed by atoms with Crippen molar-refractivity contribution in [2.45, 2.75) is 56.5 Å². The fourth-order valence-electron chi connectivity index (χ4n) is 3.14. The number of fused-ring (bicyclic) bond motifs is 1. The third-order valence-electron chi connectivity index (χ3n) is 4.54. The van der Waals surface area contributed by atoms with E-state index in [1.807, 2.05) is 0 Å². The van der Waals surface area contributed by atoms with Crippen LogP contribution in [0, 0.1) is 11.8 Å². The van der Waals surface area contributed by atoms with E-state index in [0.29, 0.717) is 12.8 Å². The molecule has 2 atom stereocenters. The molecule has 3 heteroatoms. The lowest BCUT2D eigenvalue weighted by Crippen LogP contribution is -2.40. The molecule has 0 aromatic carbocycles. The first-order valence-electron chi connectivity index (χ1n) is 6.10. The van der Waals surface area contributed by atoms with Gasteiger partial charge in [0.25, 0.3) is 0 Å². The molecule has 2 unspecified atom stereocenters. The van der Waals surface area contributed by atoms with Crippen molar-refractivity contribution in [1.29, 1.82) is 0 Å². The third-order valence-corrected chi connectivity index (χ3v) is 4.54. The molecule has 2 saturated carbocycles. The molecule has 3 rings (SSSR count). The lowest BCUT2D eigenvalue weighted by atomic mass is 9.79. The zero-order valence-corrected chi connectivity index (χ0v) is 8.98. The smallest absolute Gasteiger partial charge is 0.248 e. The third kappa shape index (κ3) is 1.91. The van der Waals surface area contributed by atoms with E-state index in [2.05, 4.69) is 0 Å². The molecular weight excluding hydrogens is 198 g/mol. The van der Waals surface area contributed by atoms with Gasteiger partial charge in [0, 0.05) is 12.8 Å². The molecule has 0 radical (unpaired) electrons. The summed E-state index contributed by atoms with van der Waals surface area (Å²) < 4.78 is 32.1. The predicted octanol–water partition coefficient (Wildman–Crippen LogP) is 3.38. The number of rotatable bonds is 0. The van der Waals surface area contributed by atoms with Crippen molar-refractivity contribution in [2.24, 2.45) is 11.8 Å². The van der Waals surface area contributed by atoms with E-state index < -0.39 is 5.92 Å². The molecular formula is C12H18F2O. The van der Waals surface area contributed by atoms with E-state index in [-0.39, 0.29) is 18.4 Å². The van der Waals surface area contributed by atoms with Crippen LogP contribution in [0.1, 0.15) is 44.9 Å². The van der Waals surface area contributed by atoms with Crippen LogP contribution < -0.4 is 0 Å². The van der Waals surface area contributed by atoms with E-state index >= 15 is 0 Å². The molecule has 0 aromatic heterocycles. The Kier molecular flexibility index (Phi) is 2.11. The molecule has 15 heavy (non-hydrogen) atoms. The number of hydrogen-bond donors (Lipinski definition) is 0. The molecule has 3 fully saturated rings. The minimum Gasteiger partial charge on any atom is -0.375 e. The number of hydrogen-bond acceptors (Lipinski definition) is 1. The van der Waals surface area contributed by atoms with Crippen LogP contribution in [-0.2, 0) is 4.74 Å². The minimum absolute atomic E-state index is 0.0301. The van der Waals surface area contributed by atoms with Crippen LogP contribution in [0.4, 0.5) is 8.78 Å². The maximum absolute atomic E-state index is 13.1. The summed E-state index contributed by atoms with van der Waals surface area (Å²) in [6.45, 7) is 0.830. The largest absolute Gasteiger partial charge is 0.375 e. The number of ether oxygens (including phenoxy) is 1. The zero-order valence-electron chi connectivity index (χ0n) is 8.98. The van der Waals surface area contributed by atoms with Gasteiger partial charge < -0.3 is 4.74 Å². The first-order chi connectivity index (χ1) is 7.09. The van der Waals surface area contributed by atoms with Gasteiger partial charge in [-0.15, -0.1) is 0 Å². The number of halogens is 2. The maximum atomic E-state index is 13.1. The quantitative estimate of drug-likeness (QED) is 0.603. The molecule has 1 spiro atoms. The molecule has 3 aliphatic rings. The molecule has 1 saturated heterocycles. The fraction of sp³-hybridized carbons (Fsp3) is 1.00. The Morgan fingerprint density at radius 3 is 2.40 bits per heavy atom. The van der Waals surface area contributed by atoms with Crippen molar-refractivity contribution < 1.29 is 13.5 Å². The van der Waals surface area contributed by atoms with Crippen LogP contribution in [-0.4, -0.2) is 18.1 Å². The van der Waals surface area contributed by atoms with Crippen LogP contribution >= 0.6 is 0 Å². The summed E-state index contributed by atoms with van der Waals surface area (Å²) >= 11 is 0. The molecule has 1 nitrogen and oxygen atoms in total. The lowest BCUT2D eigenvalue weighted by molar-refractivity contribution is -0.134. The molecule has 1 heterocycles. The highest BCUT2D eigenvalue weighted by Crippen LogP contribution is 2.51. The minimum atomic E-state index is -2.43. The van der Waals surface area contributed by atoms with Crippen LogP contribution in [0.15, 0.2) is 0 Å². The molecule has 0 N–H and O–H groups in total. The van der Waals surface area contributed by atoms with E-state index in [4.69, 9.17) is 4.74 Å². The molecule has 86 valence electrons. The highest BCUT2D eigenvalue weighted by atomic mass is 19.3. The second-order valence-electron chi connectivity index (χ2n) is 5.64. The van der Waals surface area contributed by atoms with Crippen molar-refractivity contribution in [3.05, 3.63) is 0 Å². The highest BCUT2D eigenvalue weighted by Gasteiger charge is 2.49. The van der Waals surface area contributed by atoms with Crippen molar-refractivity contribution in [3.8, 4) is 0 Å². The molecule has 0 amide bonds. The predicted molar refractivity (Wildman–Crippen MR) is 52.9 cm³/mol. The molecule has 1 aliphatic heterocycles. The highest BCUT2D eigenvalue weighted by molar-refractivity contribution is 4.97. The molecule has 0 bridgehead atoms. The Labute approximate surface area is 89.2 Å². The van der Waals surface area contributed by atoms with Gasteiger partial charge in [0.15, 0.2) is 0 Å². The molecule has 0 aromatic rings. The van der Waals surface area contributed by atoms with Gasteiger partial charge in [-0.25, -0.2) is 8.78 Å². The maximum Gasteiger partial charge on any atom is 0.248 e. The lowest BCUT2D eigenvalue weighted by Gasteiger charge is -2.39. The Balaban J connectivity index is 1.65. The zero-order chi connectivity index (χ0) is 10.5. The van der Waals surface area contributed by atoms with Gasteiger partial charge in [0.2, 0.25) is 5.92 Å². The van der Waals surface area contributed by atoms with Gasteiger partial charge in [-0.2, -0.15) is 0 Å². The van der Waals surface area contributed by atoms with Crippen molar-refractivity contribution >= 4 is 0 Å². The normalized spacial score (nSPS) is 42.0. The summed E-state index contributed by atoms with van der Waals surface area (Å²) in [7, 11) is 0. The Hall–Kier alpha value is -0.180. The topological polar surface area (TPSA) is 9.23 Å². The average Bonchev–Trinajstić information content (AvgIpc) is 2.93. The second kappa shape index (κ2) is 3.16. The van der Waals surface area contributed by atoms with Crippen LogP contribution in [0.2, 0.25) is 0 Å². The van der Waals surface area contributed by atoms with Crippen LogP contribution in [0.3, 0.4) is 0 Å². The van der Waals surface area contributed by atoms with Gasteiger partial charge in [-0.1, -0.05) is 0 Å². The first-order valence-corrected chi connectivity index (χ1v) is 6.10. The first kappa shape index (κ1) is 10.0. The van der Waals surface area contributed by atoms with E-state index in [9.17, 15) is 8.78 Å². The fourth-order valence-corrected chi connectivity index (χ4v) is 3.14. The summed E-state index contributed by atoms with van der Waals surface area (Å²) in [5.41, 5.74) is -0.172. The monoisotopic (exact) mass is 216 g/mol. The summed E-state index contributed by atoms with van der Waals surface area (Å²) in [5, 5.41) is 0. The SMILES string of the molecule is FC1(F)CCC2(CCC3CC3CO2)CC1. The Morgan fingerprint density at radius 2 is 1.67 bits per heavy atom. The van der Waals surface area contributed by atoms with Crippen LogP contribution in [0.25, 0.3) is 0 Å². The van der Waals surface area contributed by atoms with E-state index in [1.165, 1.54) is 12.8 Å². The summed E-state index contributed by atoms with van der Waals surface area (Å²) in [5.74, 6) is -0.817. The van der Waals surface area contributed by atoms with Gasteiger partial charge in [0.05, 0.1) is 12.2 Å². The summed E-state index contributed by atoms with van der Waals surface area (Å²) in [4.78, 5) is 0. The standard InChI is InChI=1S/C12H18F2O/c13-12(14)5-3-11(4-6-12)2-1-9-7-10(9)8-15-11/h9-10H,1-8H2. The average molecular weight is 216 g/mol. The molecule has 2 aliphatic carbocycles. The van der Waals surface area contributed by atoms with Crippen LogP contribution in [0.5, 0.6) is 0 Å². The number of alkyl halides is 2. The van der Waals surface area contributed by atoms with Crippen molar-refractivity contribution in [1.82, 2.24) is 0 Å². The van der Waals surface area contributed by atoms with Crippen molar-refractivity contribution in [3.63, 3.8) is 0 Å². The summed E-state index contributed by atoms with van der Waals surface area (Å²) in [6, 6.07) is 0. The van der Waals surface area contributed by atoms with E-state index in [1.54, 1.807) is 0 Å². The van der Waals surface area contributed by atoms with Gasteiger partial charge >= 0.3 is 0 Å². The second-order valence-corrected chi connectivity index (χ2v) is 5.64. The summed E-state index contributed by atoms with van der Waals surface area (Å²) in [6.07, 6.45) is 4.73. The Bertz CT molecular complexity index is 240. The Morgan fingerprint density at radius 1 is 0.933 bits per heavy atom. The van der Waals surface area contributed by atoms with Crippen molar-refractivity contribution in [2.75, 3.05) is 6.61 Å². The van der Waals surface area contributed by atoms with Gasteiger partial charge in [-0.05, 0) is 43.9 Å². The van der Waals surface area contributed by atoms with E-state index in [0.717, 1.165) is 24.9 Å². The van der Waals surface area contributed by atoms with Gasteiger partial charge in [-0.3, -0.25) is 0 Å².